The highest BCUT2D eigenvalue weighted by Gasteiger charge is 2.41. The molecule has 1 aliphatic carbocycles. The predicted octanol–water partition coefficient (Wildman–Crippen LogP) is 1.74. The van der Waals surface area contributed by atoms with E-state index in [-0.39, 0.29) is 47.7 Å². The van der Waals surface area contributed by atoms with Gasteiger partial charge in [0.2, 0.25) is 5.91 Å². The van der Waals surface area contributed by atoms with Crippen molar-refractivity contribution in [2.45, 2.75) is 25.3 Å². The quantitative estimate of drug-likeness (QED) is 0.347. The van der Waals surface area contributed by atoms with Gasteiger partial charge in [0.05, 0.1) is 19.8 Å². The zero-order valence-corrected chi connectivity index (χ0v) is 20.5. The third kappa shape index (κ3) is 6.29. The summed E-state index contributed by atoms with van der Waals surface area (Å²) in [5.41, 5.74) is 0.789. The Balaban J connectivity index is 0.00000272. The zero-order chi connectivity index (χ0) is 20.9. The number of nitrogens with zero attached hydrogens (tertiary/aromatic N) is 4. The number of amides is 1. The Kier molecular flexibility index (Phi) is 8.91. The number of aliphatic imine (C=N–C) groups is 1. The van der Waals surface area contributed by atoms with E-state index in [0.29, 0.717) is 39.4 Å². The molecule has 4 rings (SSSR count). The van der Waals surface area contributed by atoms with E-state index >= 15 is 0 Å². The van der Waals surface area contributed by atoms with Crippen molar-refractivity contribution in [2.75, 3.05) is 65.6 Å². The molecule has 1 amide bonds. The number of carbonyl (C=O) groups excluding carboxylic acids is 1. The van der Waals surface area contributed by atoms with Crippen LogP contribution in [0.25, 0.3) is 0 Å². The number of halogens is 2. The fourth-order valence-corrected chi connectivity index (χ4v) is 4.25. The number of morpholine rings is 1. The molecule has 9 heteroatoms. The van der Waals surface area contributed by atoms with Crippen LogP contribution in [-0.4, -0.2) is 98.2 Å². The molecule has 0 bridgehead atoms. The normalized spacial score (nSPS) is 24.5. The summed E-state index contributed by atoms with van der Waals surface area (Å²) < 4.78 is 19.4. The van der Waals surface area contributed by atoms with Gasteiger partial charge in [0, 0.05) is 57.8 Å². The number of rotatable bonds is 5. The van der Waals surface area contributed by atoms with E-state index in [1.807, 2.05) is 24.0 Å². The largest absolute Gasteiger partial charge is 0.378 e. The van der Waals surface area contributed by atoms with Crippen molar-refractivity contribution < 1.29 is 13.9 Å². The molecular weight excluding hydrogens is 512 g/mol. The van der Waals surface area contributed by atoms with Gasteiger partial charge in [0.15, 0.2) is 5.96 Å². The van der Waals surface area contributed by atoms with Crippen LogP contribution in [0, 0.1) is 5.82 Å². The Morgan fingerprint density at radius 1 is 1.13 bits per heavy atom. The molecule has 0 aromatic heterocycles. The van der Waals surface area contributed by atoms with Crippen LogP contribution in [0.4, 0.5) is 4.39 Å². The molecule has 0 spiro atoms. The average Bonchev–Trinajstić information content (AvgIpc) is 3.54. The molecule has 3 aliphatic rings. The standard InChI is InChI=1S/C22H32FN5O2.HI/c1-2-24-22(25-20-15-18(20)17-5-3-4-6-19(17)23)28-9-7-26(8-10-28)16-21(29)27-11-13-30-14-12-27;/h3-6,18,20H,2,7-16H2,1H3,(H,24,25);1H. The first-order valence-electron chi connectivity index (χ1n) is 11.0. The summed E-state index contributed by atoms with van der Waals surface area (Å²) in [6.45, 7) is 9.20. The predicted molar refractivity (Wildman–Crippen MR) is 129 cm³/mol. The molecule has 2 aliphatic heterocycles. The molecule has 172 valence electrons. The summed E-state index contributed by atoms with van der Waals surface area (Å²) >= 11 is 0. The van der Waals surface area contributed by atoms with Crippen molar-refractivity contribution >= 4 is 35.8 Å². The molecule has 1 N–H and O–H groups in total. The molecule has 1 aromatic rings. The van der Waals surface area contributed by atoms with E-state index in [0.717, 1.165) is 44.1 Å². The number of piperazine rings is 1. The van der Waals surface area contributed by atoms with E-state index in [2.05, 4.69) is 20.1 Å². The summed E-state index contributed by atoms with van der Waals surface area (Å²) in [7, 11) is 0. The first-order chi connectivity index (χ1) is 14.7. The van der Waals surface area contributed by atoms with Crippen molar-refractivity contribution in [2.24, 2.45) is 4.99 Å². The first kappa shape index (κ1) is 24.2. The van der Waals surface area contributed by atoms with Crippen LogP contribution < -0.4 is 5.32 Å². The average molecular weight is 545 g/mol. The first-order valence-corrected chi connectivity index (χ1v) is 11.0. The van der Waals surface area contributed by atoms with Crippen molar-refractivity contribution in [3.63, 3.8) is 0 Å². The van der Waals surface area contributed by atoms with Gasteiger partial charge in [-0.2, -0.15) is 0 Å². The second-order valence-electron chi connectivity index (χ2n) is 8.17. The van der Waals surface area contributed by atoms with Crippen LogP contribution in [0.2, 0.25) is 0 Å². The molecular formula is C22H33FIN5O2. The van der Waals surface area contributed by atoms with Crippen LogP contribution in [-0.2, 0) is 9.53 Å². The molecule has 31 heavy (non-hydrogen) atoms. The second kappa shape index (κ2) is 11.4. The molecule has 1 aromatic carbocycles. The van der Waals surface area contributed by atoms with Crippen molar-refractivity contribution in [3.8, 4) is 0 Å². The maximum absolute atomic E-state index is 14.1. The monoisotopic (exact) mass is 545 g/mol. The maximum atomic E-state index is 14.1. The fourth-order valence-electron chi connectivity index (χ4n) is 4.25. The SMILES string of the molecule is CCN=C(NC1CC1c1ccccc1F)N1CCN(CC(=O)N2CCOCC2)CC1.I. The van der Waals surface area contributed by atoms with E-state index < -0.39 is 0 Å². The van der Waals surface area contributed by atoms with Crippen molar-refractivity contribution in [1.82, 2.24) is 20.0 Å². The van der Waals surface area contributed by atoms with Gasteiger partial charge in [-0.25, -0.2) is 4.39 Å². The number of nitrogens with one attached hydrogen (secondary N) is 1. The molecule has 7 nitrogen and oxygen atoms in total. The van der Waals surface area contributed by atoms with E-state index in [9.17, 15) is 9.18 Å². The minimum atomic E-state index is -0.126. The highest BCUT2D eigenvalue weighted by molar-refractivity contribution is 14.0. The number of guanidine groups is 1. The number of hydrogen-bond donors (Lipinski definition) is 1. The Labute approximate surface area is 201 Å². The van der Waals surface area contributed by atoms with Crippen LogP contribution >= 0.6 is 24.0 Å². The van der Waals surface area contributed by atoms with Gasteiger partial charge in [-0.05, 0) is 25.0 Å². The van der Waals surface area contributed by atoms with Gasteiger partial charge in [-0.15, -0.1) is 24.0 Å². The lowest BCUT2D eigenvalue weighted by Crippen LogP contribution is -2.55. The Hall–Kier alpha value is -1.46. The van der Waals surface area contributed by atoms with Gasteiger partial charge in [0.25, 0.3) is 0 Å². The minimum absolute atomic E-state index is 0. The third-order valence-corrected chi connectivity index (χ3v) is 6.11. The van der Waals surface area contributed by atoms with Crippen LogP contribution in [0.5, 0.6) is 0 Å². The van der Waals surface area contributed by atoms with Gasteiger partial charge in [-0.3, -0.25) is 14.7 Å². The Morgan fingerprint density at radius 3 is 2.52 bits per heavy atom. The maximum Gasteiger partial charge on any atom is 0.236 e. The Bertz CT molecular complexity index is 766. The summed E-state index contributed by atoms with van der Waals surface area (Å²) in [5.74, 6) is 1.18. The molecule has 0 radical (unpaired) electrons. The lowest BCUT2D eigenvalue weighted by atomic mass is 10.1. The van der Waals surface area contributed by atoms with Crippen molar-refractivity contribution in [1.29, 1.82) is 0 Å². The molecule has 1 saturated carbocycles. The van der Waals surface area contributed by atoms with Crippen LogP contribution in [0.3, 0.4) is 0 Å². The molecule has 2 heterocycles. The van der Waals surface area contributed by atoms with Crippen LogP contribution in [0.15, 0.2) is 29.3 Å². The summed E-state index contributed by atoms with van der Waals surface area (Å²) in [5, 5.41) is 3.55. The minimum Gasteiger partial charge on any atom is -0.378 e. The molecule has 2 atom stereocenters. The number of benzene rings is 1. The molecule has 2 saturated heterocycles. The van der Waals surface area contributed by atoms with Gasteiger partial charge in [-0.1, -0.05) is 18.2 Å². The van der Waals surface area contributed by atoms with E-state index in [4.69, 9.17) is 4.74 Å². The number of hydrogen-bond acceptors (Lipinski definition) is 4. The molecule has 3 fully saturated rings. The smallest absolute Gasteiger partial charge is 0.236 e. The van der Waals surface area contributed by atoms with Crippen LogP contribution in [0.1, 0.15) is 24.8 Å². The summed E-state index contributed by atoms with van der Waals surface area (Å²) in [4.78, 5) is 23.5. The number of ether oxygens (including phenoxy) is 1. The summed E-state index contributed by atoms with van der Waals surface area (Å²) in [6, 6.07) is 7.27. The second-order valence-corrected chi connectivity index (χ2v) is 8.17. The lowest BCUT2D eigenvalue weighted by molar-refractivity contribution is -0.136. The third-order valence-electron chi connectivity index (χ3n) is 6.11. The Morgan fingerprint density at radius 2 is 1.84 bits per heavy atom. The van der Waals surface area contributed by atoms with Gasteiger partial charge in [0.1, 0.15) is 5.82 Å². The lowest BCUT2D eigenvalue weighted by Gasteiger charge is -2.37. The topological polar surface area (TPSA) is 60.4 Å². The highest BCUT2D eigenvalue weighted by atomic mass is 127. The van der Waals surface area contributed by atoms with Gasteiger partial charge < -0.3 is 19.9 Å². The number of carbonyl (C=O) groups is 1. The van der Waals surface area contributed by atoms with E-state index in [1.54, 1.807) is 6.07 Å². The summed E-state index contributed by atoms with van der Waals surface area (Å²) in [6.07, 6.45) is 0.928. The van der Waals surface area contributed by atoms with Crippen molar-refractivity contribution in [3.05, 3.63) is 35.6 Å². The van der Waals surface area contributed by atoms with Gasteiger partial charge >= 0.3 is 0 Å². The zero-order valence-electron chi connectivity index (χ0n) is 18.1. The fraction of sp³-hybridized carbons (Fsp3) is 0.636. The van der Waals surface area contributed by atoms with E-state index in [1.165, 1.54) is 6.07 Å². The molecule has 2 unspecified atom stereocenters. The highest BCUT2D eigenvalue weighted by Crippen LogP contribution is 2.41.